The van der Waals surface area contributed by atoms with E-state index < -0.39 is 0 Å². The summed E-state index contributed by atoms with van der Waals surface area (Å²) in [7, 11) is 2.11. The largest absolute Gasteiger partial charge is 0.351 e. The van der Waals surface area contributed by atoms with Gasteiger partial charge in [0.1, 0.15) is 11.2 Å². The molecule has 6 nitrogen and oxygen atoms in total. The molecule has 4 rings (SSSR count). The van der Waals surface area contributed by atoms with Crippen molar-refractivity contribution in [3.8, 4) is 0 Å². The summed E-state index contributed by atoms with van der Waals surface area (Å²) in [5, 5.41) is 7.86. The van der Waals surface area contributed by atoms with E-state index in [1.165, 1.54) is 6.07 Å². The first-order valence-electron chi connectivity index (χ1n) is 6.44. The molecule has 0 unspecified atom stereocenters. The molecule has 0 saturated carbocycles. The Balaban J connectivity index is 1.90. The summed E-state index contributed by atoms with van der Waals surface area (Å²) in [5.41, 5.74) is 1.42. The summed E-state index contributed by atoms with van der Waals surface area (Å²) < 4.78 is 15.3. The van der Waals surface area contributed by atoms with Crippen LogP contribution in [0.15, 0.2) is 12.4 Å². The normalized spacial score (nSPS) is 17.4. The second kappa shape index (κ2) is 4.35. The standard InChI is InChI=1S/C12H13FN6S/c1-17-2-4-18(5-3-17)10-11-16-14-7-19(11)8-6-9(13)20-12(8)15-10/h6-7H,2-5H2,1H3. The number of nitrogens with zero attached hydrogens (tertiary/aromatic N) is 6. The van der Waals surface area contributed by atoms with Crippen LogP contribution in [0, 0.1) is 5.13 Å². The van der Waals surface area contributed by atoms with Crippen LogP contribution in [0.25, 0.3) is 16.0 Å². The van der Waals surface area contributed by atoms with E-state index in [1.807, 2.05) is 4.40 Å². The lowest BCUT2D eigenvalue weighted by molar-refractivity contribution is 0.312. The third-order valence-electron chi connectivity index (χ3n) is 3.68. The predicted molar refractivity (Wildman–Crippen MR) is 75.8 cm³/mol. The van der Waals surface area contributed by atoms with Crippen LogP contribution >= 0.6 is 11.3 Å². The minimum absolute atomic E-state index is 0.238. The van der Waals surface area contributed by atoms with Crippen molar-refractivity contribution in [3.63, 3.8) is 0 Å². The first-order valence-corrected chi connectivity index (χ1v) is 7.26. The maximum Gasteiger partial charge on any atom is 0.204 e. The second-order valence-corrected chi connectivity index (χ2v) is 5.97. The fourth-order valence-electron chi connectivity index (χ4n) is 2.54. The molecule has 0 aromatic carbocycles. The highest BCUT2D eigenvalue weighted by Crippen LogP contribution is 2.28. The molecule has 104 valence electrons. The molecule has 1 saturated heterocycles. The van der Waals surface area contributed by atoms with Crippen LogP contribution in [0.2, 0.25) is 0 Å². The monoisotopic (exact) mass is 292 g/mol. The number of fused-ring (bicyclic) bond motifs is 3. The van der Waals surface area contributed by atoms with Gasteiger partial charge in [0.15, 0.2) is 10.9 Å². The van der Waals surface area contributed by atoms with Gasteiger partial charge in [-0.25, -0.2) is 4.98 Å². The molecule has 1 aliphatic rings. The Bertz CT molecular complexity index is 773. The van der Waals surface area contributed by atoms with Gasteiger partial charge in [-0.1, -0.05) is 11.3 Å². The number of anilines is 1. The summed E-state index contributed by atoms with van der Waals surface area (Å²) in [6.07, 6.45) is 1.62. The van der Waals surface area contributed by atoms with Crippen LogP contribution in [-0.2, 0) is 0 Å². The minimum Gasteiger partial charge on any atom is -0.351 e. The van der Waals surface area contributed by atoms with E-state index in [4.69, 9.17) is 0 Å². The van der Waals surface area contributed by atoms with Crippen LogP contribution in [0.4, 0.5) is 10.2 Å². The number of rotatable bonds is 1. The molecule has 3 aromatic rings. The molecule has 0 aliphatic carbocycles. The fourth-order valence-corrected chi connectivity index (χ4v) is 3.29. The summed E-state index contributed by atoms with van der Waals surface area (Å²) in [4.78, 5) is 9.77. The SMILES string of the molecule is CN1CCN(c2nc3sc(F)cc3n3cnnc23)CC1. The van der Waals surface area contributed by atoms with Gasteiger partial charge >= 0.3 is 0 Å². The molecule has 0 bridgehead atoms. The van der Waals surface area contributed by atoms with E-state index in [0.717, 1.165) is 48.9 Å². The van der Waals surface area contributed by atoms with Crippen molar-refractivity contribution in [1.29, 1.82) is 0 Å². The third-order valence-corrected chi connectivity index (χ3v) is 4.49. The van der Waals surface area contributed by atoms with Crippen molar-refractivity contribution in [1.82, 2.24) is 24.5 Å². The molecule has 0 amide bonds. The molecule has 4 heterocycles. The average molecular weight is 292 g/mol. The summed E-state index contributed by atoms with van der Waals surface area (Å²) in [6.45, 7) is 3.76. The number of hydrogen-bond donors (Lipinski definition) is 0. The Labute approximate surface area is 118 Å². The molecule has 0 atom stereocenters. The van der Waals surface area contributed by atoms with Crippen LogP contribution in [0.1, 0.15) is 0 Å². The zero-order valence-corrected chi connectivity index (χ0v) is 11.8. The number of halogens is 1. The van der Waals surface area contributed by atoms with Crippen molar-refractivity contribution in [3.05, 3.63) is 17.5 Å². The van der Waals surface area contributed by atoms with E-state index in [9.17, 15) is 4.39 Å². The maximum atomic E-state index is 13.5. The average Bonchev–Trinajstić information content (AvgIpc) is 3.03. The lowest BCUT2D eigenvalue weighted by atomic mass is 10.3. The van der Waals surface area contributed by atoms with Gasteiger partial charge < -0.3 is 9.80 Å². The number of likely N-dealkylation sites (N-methyl/N-ethyl adjacent to an activating group) is 1. The van der Waals surface area contributed by atoms with E-state index in [1.54, 1.807) is 6.33 Å². The predicted octanol–water partition coefficient (Wildman–Crippen LogP) is 1.23. The van der Waals surface area contributed by atoms with Crippen molar-refractivity contribution in [2.75, 3.05) is 38.1 Å². The Morgan fingerprint density at radius 1 is 1.25 bits per heavy atom. The molecule has 20 heavy (non-hydrogen) atoms. The van der Waals surface area contributed by atoms with E-state index in [2.05, 4.69) is 32.0 Å². The lowest BCUT2D eigenvalue weighted by Gasteiger charge is -2.33. The number of aromatic nitrogens is 4. The third kappa shape index (κ3) is 1.75. The van der Waals surface area contributed by atoms with Gasteiger partial charge in [0.25, 0.3) is 0 Å². The Kier molecular flexibility index (Phi) is 2.61. The molecule has 1 fully saturated rings. The van der Waals surface area contributed by atoms with Gasteiger partial charge in [0, 0.05) is 32.2 Å². The number of piperazine rings is 1. The molecular formula is C12H13FN6S. The van der Waals surface area contributed by atoms with Crippen molar-refractivity contribution in [2.45, 2.75) is 0 Å². The number of thiophene rings is 1. The summed E-state index contributed by atoms with van der Waals surface area (Å²) >= 11 is 1.06. The number of hydrogen-bond acceptors (Lipinski definition) is 6. The zero-order chi connectivity index (χ0) is 13.7. The molecule has 0 radical (unpaired) electrons. The Morgan fingerprint density at radius 2 is 2.05 bits per heavy atom. The Morgan fingerprint density at radius 3 is 2.85 bits per heavy atom. The highest BCUT2D eigenvalue weighted by atomic mass is 32.1. The van der Waals surface area contributed by atoms with Crippen molar-refractivity contribution in [2.24, 2.45) is 0 Å². The highest BCUT2D eigenvalue weighted by molar-refractivity contribution is 7.17. The van der Waals surface area contributed by atoms with Crippen LogP contribution < -0.4 is 4.90 Å². The molecular weight excluding hydrogens is 279 g/mol. The molecule has 0 spiro atoms. The molecule has 1 aliphatic heterocycles. The zero-order valence-electron chi connectivity index (χ0n) is 11.0. The van der Waals surface area contributed by atoms with Crippen LogP contribution in [0.5, 0.6) is 0 Å². The van der Waals surface area contributed by atoms with E-state index in [0.29, 0.717) is 10.5 Å². The van der Waals surface area contributed by atoms with Gasteiger partial charge in [0.2, 0.25) is 5.65 Å². The van der Waals surface area contributed by atoms with E-state index >= 15 is 0 Å². The summed E-state index contributed by atoms with van der Waals surface area (Å²) in [5.74, 6) is 0.796. The van der Waals surface area contributed by atoms with Gasteiger partial charge in [-0.05, 0) is 7.05 Å². The second-order valence-electron chi connectivity index (χ2n) is 4.99. The fraction of sp³-hybridized carbons (Fsp3) is 0.417. The topological polar surface area (TPSA) is 49.6 Å². The molecule has 3 aromatic heterocycles. The van der Waals surface area contributed by atoms with Gasteiger partial charge in [-0.15, -0.1) is 10.2 Å². The quantitative estimate of drug-likeness (QED) is 0.675. The van der Waals surface area contributed by atoms with Crippen LogP contribution in [0.3, 0.4) is 0 Å². The lowest BCUT2D eigenvalue weighted by Crippen LogP contribution is -2.45. The van der Waals surface area contributed by atoms with Crippen LogP contribution in [-0.4, -0.2) is 57.7 Å². The van der Waals surface area contributed by atoms with Crippen molar-refractivity contribution >= 4 is 33.1 Å². The first-order chi connectivity index (χ1) is 9.72. The smallest absolute Gasteiger partial charge is 0.204 e. The molecule has 8 heteroatoms. The maximum absolute atomic E-state index is 13.5. The van der Waals surface area contributed by atoms with Crippen molar-refractivity contribution < 1.29 is 4.39 Å². The Hall–Kier alpha value is -1.80. The van der Waals surface area contributed by atoms with Gasteiger partial charge in [0.05, 0.1) is 5.52 Å². The van der Waals surface area contributed by atoms with Gasteiger partial charge in [-0.3, -0.25) is 4.40 Å². The minimum atomic E-state index is -0.238. The van der Waals surface area contributed by atoms with Gasteiger partial charge in [-0.2, -0.15) is 4.39 Å². The summed E-state index contributed by atoms with van der Waals surface area (Å²) in [6, 6.07) is 1.48. The van der Waals surface area contributed by atoms with E-state index in [-0.39, 0.29) is 5.13 Å². The molecule has 0 N–H and O–H groups in total. The highest BCUT2D eigenvalue weighted by Gasteiger charge is 2.21. The first kappa shape index (κ1) is 12.0.